The van der Waals surface area contributed by atoms with E-state index in [0.29, 0.717) is 24.8 Å². The first-order valence-corrected chi connectivity index (χ1v) is 8.81. The van der Waals surface area contributed by atoms with E-state index in [1.165, 1.54) is 6.08 Å². The van der Waals surface area contributed by atoms with Gasteiger partial charge >= 0.3 is 11.9 Å². The summed E-state index contributed by atoms with van der Waals surface area (Å²) in [6, 6.07) is 19.6. The predicted molar refractivity (Wildman–Crippen MR) is 101 cm³/mol. The summed E-state index contributed by atoms with van der Waals surface area (Å²) in [6.45, 7) is 2.37. The molecule has 0 amide bonds. The SMILES string of the molecule is CC/C(=C/C(=O)OCCc1ccccc1)C(=O)OCCc1ccccc1. The molecule has 0 radical (unpaired) electrons. The minimum absolute atomic E-state index is 0.277. The van der Waals surface area contributed by atoms with Crippen molar-refractivity contribution in [1.29, 1.82) is 0 Å². The highest BCUT2D eigenvalue weighted by molar-refractivity contribution is 5.96. The van der Waals surface area contributed by atoms with E-state index < -0.39 is 11.9 Å². The minimum atomic E-state index is -0.516. The Kier molecular flexibility index (Phi) is 8.13. The van der Waals surface area contributed by atoms with Crippen LogP contribution in [0.1, 0.15) is 24.5 Å². The molecular weight excluding hydrogens is 328 g/mol. The second-order valence-corrected chi connectivity index (χ2v) is 5.80. The lowest BCUT2D eigenvalue weighted by molar-refractivity contribution is -0.141. The van der Waals surface area contributed by atoms with Crippen molar-refractivity contribution in [3.8, 4) is 0 Å². The van der Waals surface area contributed by atoms with Crippen LogP contribution >= 0.6 is 0 Å². The second-order valence-electron chi connectivity index (χ2n) is 5.80. The molecule has 0 aromatic heterocycles. The van der Waals surface area contributed by atoms with Crippen LogP contribution in [0.25, 0.3) is 0 Å². The van der Waals surface area contributed by atoms with Crippen molar-refractivity contribution in [3.05, 3.63) is 83.4 Å². The van der Waals surface area contributed by atoms with Crippen LogP contribution in [0.3, 0.4) is 0 Å². The number of carbonyl (C=O) groups excluding carboxylic acids is 2. The van der Waals surface area contributed by atoms with Gasteiger partial charge in [-0.05, 0) is 17.5 Å². The van der Waals surface area contributed by atoms with Crippen molar-refractivity contribution in [3.63, 3.8) is 0 Å². The van der Waals surface area contributed by atoms with Crippen LogP contribution in [0.2, 0.25) is 0 Å². The van der Waals surface area contributed by atoms with Crippen LogP contribution in [-0.2, 0) is 31.9 Å². The molecule has 136 valence electrons. The number of hydrogen-bond acceptors (Lipinski definition) is 4. The summed E-state index contributed by atoms with van der Waals surface area (Å²) in [5, 5.41) is 0. The number of carbonyl (C=O) groups is 2. The third kappa shape index (κ3) is 6.93. The molecule has 0 spiro atoms. The van der Waals surface area contributed by atoms with Crippen molar-refractivity contribution in [2.75, 3.05) is 13.2 Å². The highest BCUT2D eigenvalue weighted by atomic mass is 16.5. The molecule has 2 aromatic rings. The molecule has 0 unspecified atom stereocenters. The van der Waals surface area contributed by atoms with Gasteiger partial charge in [-0.1, -0.05) is 67.6 Å². The summed E-state index contributed by atoms with van der Waals surface area (Å²) in [5.74, 6) is -0.985. The van der Waals surface area contributed by atoms with Crippen molar-refractivity contribution >= 4 is 11.9 Å². The molecule has 0 aliphatic heterocycles. The molecule has 0 N–H and O–H groups in total. The van der Waals surface area contributed by atoms with Crippen LogP contribution < -0.4 is 0 Å². The van der Waals surface area contributed by atoms with Crippen LogP contribution in [-0.4, -0.2) is 25.2 Å². The predicted octanol–water partition coefficient (Wildman–Crippen LogP) is 3.89. The summed E-state index contributed by atoms with van der Waals surface area (Å²) in [7, 11) is 0. The summed E-state index contributed by atoms with van der Waals surface area (Å²) in [4.78, 5) is 24.0. The molecule has 4 nitrogen and oxygen atoms in total. The highest BCUT2D eigenvalue weighted by Crippen LogP contribution is 2.07. The largest absolute Gasteiger partial charge is 0.462 e. The number of benzene rings is 2. The summed E-state index contributed by atoms with van der Waals surface area (Å²) < 4.78 is 10.4. The molecular formula is C22H24O4. The summed E-state index contributed by atoms with van der Waals surface area (Å²) in [6.07, 6.45) is 2.93. The van der Waals surface area contributed by atoms with E-state index in [0.717, 1.165) is 11.1 Å². The molecule has 0 bridgehead atoms. The van der Waals surface area contributed by atoms with Crippen LogP contribution in [0.4, 0.5) is 0 Å². The Bertz CT molecular complexity index is 720. The molecule has 0 aliphatic rings. The first-order valence-electron chi connectivity index (χ1n) is 8.81. The molecule has 0 aliphatic carbocycles. The lowest BCUT2D eigenvalue weighted by Gasteiger charge is -2.07. The van der Waals surface area contributed by atoms with Crippen LogP contribution in [0.5, 0.6) is 0 Å². The first-order chi connectivity index (χ1) is 12.7. The van der Waals surface area contributed by atoms with E-state index in [2.05, 4.69) is 0 Å². The number of ether oxygens (including phenoxy) is 2. The van der Waals surface area contributed by atoms with E-state index >= 15 is 0 Å². The quantitative estimate of drug-likeness (QED) is 0.507. The van der Waals surface area contributed by atoms with Crippen LogP contribution in [0, 0.1) is 0 Å². The van der Waals surface area contributed by atoms with Gasteiger partial charge in [0, 0.05) is 24.5 Å². The zero-order valence-corrected chi connectivity index (χ0v) is 15.0. The van der Waals surface area contributed by atoms with E-state index in [4.69, 9.17) is 9.47 Å². The standard InChI is InChI=1S/C22H24O4/c1-2-20(22(24)26-16-14-19-11-7-4-8-12-19)17-21(23)25-15-13-18-9-5-3-6-10-18/h3-12,17H,2,13-16H2,1H3/b20-17-. The van der Waals surface area contributed by atoms with Gasteiger partial charge in [-0.25, -0.2) is 9.59 Å². The van der Waals surface area contributed by atoms with E-state index in [9.17, 15) is 9.59 Å². The average Bonchev–Trinajstić information content (AvgIpc) is 2.67. The lowest BCUT2D eigenvalue weighted by atomic mass is 10.1. The fraction of sp³-hybridized carbons (Fsp3) is 0.273. The number of esters is 2. The van der Waals surface area contributed by atoms with Crippen molar-refractivity contribution in [1.82, 2.24) is 0 Å². The van der Waals surface area contributed by atoms with Gasteiger partial charge in [0.1, 0.15) is 0 Å². The highest BCUT2D eigenvalue weighted by Gasteiger charge is 2.12. The maximum atomic E-state index is 12.1. The molecule has 4 heteroatoms. The molecule has 2 rings (SSSR count). The van der Waals surface area contributed by atoms with Gasteiger partial charge in [-0.15, -0.1) is 0 Å². The van der Waals surface area contributed by atoms with Gasteiger partial charge in [0.15, 0.2) is 0 Å². The first kappa shape index (κ1) is 19.4. The van der Waals surface area contributed by atoms with Gasteiger partial charge in [0.25, 0.3) is 0 Å². The Labute approximate surface area is 154 Å². The molecule has 0 heterocycles. The maximum absolute atomic E-state index is 12.1. The Morgan fingerprint density at radius 3 is 1.81 bits per heavy atom. The summed E-state index contributed by atoms with van der Waals surface area (Å²) in [5.41, 5.74) is 2.52. The monoisotopic (exact) mass is 352 g/mol. The van der Waals surface area contributed by atoms with Gasteiger partial charge in [0.05, 0.1) is 13.2 Å². The van der Waals surface area contributed by atoms with E-state index in [-0.39, 0.29) is 13.2 Å². The Morgan fingerprint density at radius 1 is 0.808 bits per heavy atom. The molecule has 2 aromatic carbocycles. The van der Waals surface area contributed by atoms with Gasteiger partial charge in [-0.2, -0.15) is 0 Å². The van der Waals surface area contributed by atoms with E-state index in [1.807, 2.05) is 67.6 Å². The van der Waals surface area contributed by atoms with Crippen molar-refractivity contribution in [2.45, 2.75) is 26.2 Å². The molecule has 0 atom stereocenters. The zero-order valence-electron chi connectivity index (χ0n) is 15.0. The zero-order chi connectivity index (χ0) is 18.6. The third-order valence-corrected chi connectivity index (χ3v) is 3.88. The van der Waals surface area contributed by atoms with E-state index in [1.54, 1.807) is 0 Å². The van der Waals surface area contributed by atoms with Gasteiger partial charge in [-0.3, -0.25) is 0 Å². The molecule has 0 saturated heterocycles. The number of rotatable bonds is 9. The minimum Gasteiger partial charge on any atom is -0.462 e. The fourth-order valence-electron chi connectivity index (χ4n) is 2.40. The average molecular weight is 352 g/mol. The maximum Gasteiger partial charge on any atom is 0.334 e. The third-order valence-electron chi connectivity index (χ3n) is 3.88. The van der Waals surface area contributed by atoms with Crippen molar-refractivity contribution in [2.24, 2.45) is 0 Å². The van der Waals surface area contributed by atoms with Gasteiger partial charge in [0.2, 0.25) is 0 Å². The molecule has 26 heavy (non-hydrogen) atoms. The van der Waals surface area contributed by atoms with Crippen molar-refractivity contribution < 1.29 is 19.1 Å². The fourth-order valence-corrected chi connectivity index (χ4v) is 2.40. The number of hydrogen-bond donors (Lipinski definition) is 0. The Balaban J connectivity index is 1.75. The Morgan fingerprint density at radius 2 is 1.31 bits per heavy atom. The summed E-state index contributed by atoms with van der Waals surface area (Å²) >= 11 is 0. The van der Waals surface area contributed by atoms with Crippen LogP contribution in [0.15, 0.2) is 72.3 Å². The Hall–Kier alpha value is -2.88. The second kappa shape index (κ2) is 10.9. The molecule has 0 saturated carbocycles. The topological polar surface area (TPSA) is 52.6 Å². The smallest absolute Gasteiger partial charge is 0.334 e. The lowest BCUT2D eigenvalue weighted by Crippen LogP contribution is -2.13. The van der Waals surface area contributed by atoms with Gasteiger partial charge < -0.3 is 9.47 Å². The normalized spacial score (nSPS) is 11.0. The molecule has 0 fully saturated rings.